The summed E-state index contributed by atoms with van der Waals surface area (Å²) in [5, 5.41) is 4.00. The number of carbonyl (C=O) groups excluding carboxylic acids is 1. The van der Waals surface area contributed by atoms with Crippen LogP contribution in [0.4, 0.5) is 0 Å². The summed E-state index contributed by atoms with van der Waals surface area (Å²) in [6.07, 6.45) is 0. The Morgan fingerprint density at radius 2 is 1.59 bits per heavy atom. The van der Waals surface area contributed by atoms with Crippen LogP contribution in [0.25, 0.3) is 22.6 Å². The Morgan fingerprint density at radius 3 is 2.22 bits per heavy atom. The van der Waals surface area contributed by atoms with E-state index in [4.69, 9.17) is 28.2 Å². The van der Waals surface area contributed by atoms with E-state index in [0.717, 1.165) is 22.5 Å². The molecule has 1 amide bonds. The van der Waals surface area contributed by atoms with Crippen LogP contribution in [-0.4, -0.2) is 15.5 Å². The zero-order valence-electron chi connectivity index (χ0n) is 17.8. The molecule has 0 saturated carbocycles. The van der Waals surface area contributed by atoms with Gasteiger partial charge in [0.2, 0.25) is 0 Å². The molecular weight excluding hydrogens is 441 g/mol. The molecule has 0 aliphatic carbocycles. The predicted molar refractivity (Wildman–Crippen MR) is 131 cm³/mol. The molecule has 0 aliphatic heterocycles. The minimum Gasteiger partial charge on any atom is -0.344 e. The Kier molecular flexibility index (Phi) is 6.63. The van der Waals surface area contributed by atoms with E-state index in [1.165, 1.54) is 0 Å². The van der Waals surface area contributed by atoms with E-state index in [-0.39, 0.29) is 11.9 Å². The van der Waals surface area contributed by atoms with Gasteiger partial charge in [0.25, 0.3) is 5.91 Å². The first-order valence-corrected chi connectivity index (χ1v) is 11.2. The maximum absolute atomic E-state index is 13.6. The Labute approximate surface area is 197 Å². The lowest BCUT2D eigenvalue weighted by molar-refractivity contribution is 0.0931. The zero-order chi connectivity index (χ0) is 22.7. The molecular formula is C26H23Cl2N3O. The number of carbonyl (C=O) groups is 1. The molecule has 1 heterocycles. The molecule has 4 nitrogen and oxygen atoms in total. The Hall–Kier alpha value is -3.08. The third-order valence-corrected chi connectivity index (χ3v) is 6.11. The lowest BCUT2D eigenvalue weighted by Crippen LogP contribution is -2.29. The second-order valence-corrected chi connectivity index (χ2v) is 8.29. The van der Waals surface area contributed by atoms with Gasteiger partial charge in [-0.05, 0) is 31.5 Å². The fourth-order valence-corrected chi connectivity index (χ4v) is 4.03. The number of rotatable bonds is 6. The minimum atomic E-state index is -0.195. The largest absolute Gasteiger partial charge is 0.344 e. The van der Waals surface area contributed by atoms with Crippen molar-refractivity contribution >= 4 is 29.1 Å². The van der Waals surface area contributed by atoms with Crippen molar-refractivity contribution in [3.05, 3.63) is 100 Å². The number of hydrogen-bond acceptors (Lipinski definition) is 2. The minimum absolute atomic E-state index is 0.161. The summed E-state index contributed by atoms with van der Waals surface area (Å²) in [5.41, 5.74) is 3.77. The molecule has 3 aromatic carbocycles. The van der Waals surface area contributed by atoms with Gasteiger partial charge in [-0.3, -0.25) is 4.79 Å². The normalized spacial score (nSPS) is 11.9. The molecule has 0 bridgehead atoms. The molecule has 162 valence electrons. The van der Waals surface area contributed by atoms with Gasteiger partial charge in [-0.25, -0.2) is 4.98 Å². The third kappa shape index (κ3) is 4.43. The monoisotopic (exact) mass is 463 g/mol. The molecule has 0 radical (unpaired) electrons. The molecule has 32 heavy (non-hydrogen) atoms. The van der Waals surface area contributed by atoms with Gasteiger partial charge in [0, 0.05) is 17.7 Å². The Balaban J connectivity index is 1.84. The van der Waals surface area contributed by atoms with Crippen LogP contribution >= 0.6 is 23.2 Å². The lowest BCUT2D eigenvalue weighted by atomic mass is 10.1. The second-order valence-electron chi connectivity index (χ2n) is 7.48. The van der Waals surface area contributed by atoms with Gasteiger partial charge in [-0.1, -0.05) is 89.9 Å². The summed E-state index contributed by atoms with van der Waals surface area (Å²) >= 11 is 12.4. The highest BCUT2D eigenvalue weighted by molar-refractivity contribution is 6.42. The fourth-order valence-electron chi connectivity index (χ4n) is 3.73. The van der Waals surface area contributed by atoms with Crippen LogP contribution in [-0.2, 0) is 6.54 Å². The topological polar surface area (TPSA) is 46.9 Å². The molecule has 4 rings (SSSR count). The highest BCUT2D eigenvalue weighted by atomic mass is 35.5. The molecule has 1 unspecified atom stereocenters. The highest BCUT2D eigenvalue weighted by Gasteiger charge is 2.25. The Bertz CT molecular complexity index is 1240. The van der Waals surface area contributed by atoms with E-state index < -0.39 is 0 Å². The quantitative estimate of drug-likeness (QED) is 0.333. The van der Waals surface area contributed by atoms with Crippen molar-refractivity contribution in [3.8, 4) is 22.6 Å². The number of amides is 1. The highest BCUT2D eigenvalue weighted by Crippen LogP contribution is 2.33. The number of nitrogens with zero attached hydrogens (tertiary/aromatic N) is 2. The first kappa shape index (κ1) is 22.1. The van der Waals surface area contributed by atoms with Crippen LogP contribution in [0.15, 0.2) is 78.9 Å². The van der Waals surface area contributed by atoms with Gasteiger partial charge in [0.1, 0.15) is 17.2 Å². The molecule has 0 aliphatic rings. The van der Waals surface area contributed by atoms with Crippen molar-refractivity contribution in [2.45, 2.75) is 26.4 Å². The van der Waals surface area contributed by atoms with Crippen molar-refractivity contribution in [1.29, 1.82) is 0 Å². The smallest absolute Gasteiger partial charge is 0.270 e. The van der Waals surface area contributed by atoms with E-state index in [2.05, 4.69) is 5.32 Å². The van der Waals surface area contributed by atoms with Gasteiger partial charge >= 0.3 is 0 Å². The van der Waals surface area contributed by atoms with Crippen molar-refractivity contribution in [2.75, 3.05) is 0 Å². The van der Waals surface area contributed by atoms with Crippen molar-refractivity contribution < 1.29 is 4.79 Å². The predicted octanol–water partition coefficient (Wildman–Crippen LogP) is 7.03. The number of halogens is 2. The number of benzene rings is 3. The Morgan fingerprint density at radius 1 is 0.938 bits per heavy atom. The van der Waals surface area contributed by atoms with Crippen molar-refractivity contribution in [2.24, 2.45) is 0 Å². The van der Waals surface area contributed by atoms with Crippen LogP contribution in [0.5, 0.6) is 0 Å². The average molecular weight is 464 g/mol. The molecule has 0 spiro atoms. The number of aromatic nitrogens is 2. The van der Waals surface area contributed by atoms with Crippen molar-refractivity contribution in [3.63, 3.8) is 0 Å². The molecule has 1 N–H and O–H groups in total. The van der Waals surface area contributed by atoms with Crippen LogP contribution in [0.3, 0.4) is 0 Å². The third-order valence-electron chi connectivity index (χ3n) is 5.37. The lowest BCUT2D eigenvalue weighted by Gasteiger charge is -2.16. The zero-order valence-corrected chi connectivity index (χ0v) is 19.4. The van der Waals surface area contributed by atoms with E-state index >= 15 is 0 Å². The summed E-state index contributed by atoms with van der Waals surface area (Å²) in [6, 6.07) is 24.9. The van der Waals surface area contributed by atoms with E-state index in [9.17, 15) is 4.79 Å². The van der Waals surface area contributed by atoms with Gasteiger partial charge in [0.15, 0.2) is 0 Å². The van der Waals surface area contributed by atoms with E-state index in [0.29, 0.717) is 28.0 Å². The van der Waals surface area contributed by atoms with Gasteiger partial charge in [-0.15, -0.1) is 0 Å². The summed E-state index contributed by atoms with van der Waals surface area (Å²) in [4.78, 5) is 18.5. The van der Waals surface area contributed by atoms with Crippen LogP contribution < -0.4 is 5.32 Å². The molecule has 4 aromatic rings. The van der Waals surface area contributed by atoms with Crippen LogP contribution in [0.2, 0.25) is 10.0 Å². The second kappa shape index (κ2) is 9.60. The number of hydrogen-bond donors (Lipinski definition) is 1. The van der Waals surface area contributed by atoms with Crippen LogP contribution in [0, 0.1) is 0 Å². The first-order chi connectivity index (χ1) is 15.5. The molecule has 0 saturated heterocycles. The fraction of sp³-hybridized carbons (Fsp3) is 0.154. The maximum Gasteiger partial charge on any atom is 0.270 e. The standard InChI is InChI=1S/C26H23Cl2N3O/c1-3-31-24(26(32)29-17(2)18-10-6-4-7-11-18)23(20-14-15-21(27)22(28)16-20)30-25(31)19-12-8-5-9-13-19/h4-17H,3H2,1-2H3,(H,29,32). The summed E-state index contributed by atoms with van der Waals surface area (Å²) in [6.45, 7) is 4.56. The van der Waals surface area contributed by atoms with Crippen LogP contribution in [0.1, 0.15) is 35.9 Å². The number of nitrogens with one attached hydrogen (secondary N) is 1. The summed E-state index contributed by atoms with van der Waals surface area (Å²) in [5.74, 6) is 0.533. The SMILES string of the molecule is CCn1c(-c2ccccc2)nc(-c2ccc(Cl)c(Cl)c2)c1C(=O)NC(C)c1ccccc1. The van der Waals surface area contributed by atoms with Gasteiger partial charge in [0.05, 0.1) is 16.1 Å². The summed E-state index contributed by atoms with van der Waals surface area (Å²) in [7, 11) is 0. The molecule has 0 fully saturated rings. The molecule has 1 aromatic heterocycles. The first-order valence-electron chi connectivity index (χ1n) is 10.5. The average Bonchev–Trinajstić information content (AvgIpc) is 3.22. The van der Waals surface area contributed by atoms with Gasteiger partial charge in [-0.2, -0.15) is 0 Å². The van der Waals surface area contributed by atoms with E-state index in [1.54, 1.807) is 12.1 Å². The molecule has 1 atom stereocenters. The van der Waals surface area contributed by atoms with E-state index in [1.807, 2.05) is 85.1 Å². The molecule has 6 heteroatoms. The van der Waals surface area contributed by atoms with Gasteiger partial charge < -0.3 is 9.88 Å². The summed E-state index contributed by atoms with van der Waals surface area (Å²) < 4.78 is 1.94. The number of imidazole rings is 1. The maximum atomic E-state index is 13.6. The van der Waals surface area contributed by atoms with Crippen molar-refractivity contribution in [1.82, 2.24) is 14.9 Å².